The summed E-state index contributed by atoms with van der Waals surface area (Å²) in [6.07, 6.45) is 1.39. The van der Waals surface area contributed by atoms with Gasteiger partial charge in [0.05, 0.1) is 18.8 Å². The molecule has 8 nitrogen and oxygen atoms in total. The summed E-state index contributed by atoms with van der Waals surface area (Å²) >= 11 is 5.98. The molecule has 5 rings (SSSR count). The van der Waals surface area contributed by atoms with Gasteiger partial charge in [0, 0.05) is 16.7 Å². The fourth-order valence-electron chi connectivity index (χ4n) is 4.23. The van der Waals surface area contributed by atoms with E-state index in [4.69, 9.17) is 40.7 Å². The van der Waals surface area contributed by atoms with Crippen LogP contribution in [0.5, 0.6) is 23.0 Å². The van der Waals surface area contributed by atoms with E-state index in [9.17, 15) is 10.1 Å². The number of hydrogen-bond acceptors (Lipinski definition) is 8. The molecule has 196 valence electrons. The Morgan fingerprint density at radius 1 is 1.05 bits per heavy atom. The predicted molar refractivity (Wildman–Crippen MR) is 143 cm³/mol. The number of nitrogens with two attached hydrogens (primary N) is 1. The van der Waals surface area contributed by atoms with Gasteiger partial charge in [-0.3, -0.25) is 0 Å². The summed E-state index contributed by atoms with van der Waals surface area (Å²) in [7, 11) is 0. The molecule has 0 saturated carbocycles. The summed E-state index contributed by atoms with van der Waals surface area (Å²) in [5.41, 5.74) is 8.79. The molecule has 2 heterocycles. The maximum Gasteiger partial charge on any atom is 0.379 e. The number of nitriles is 1. The molecule has 0 aliphatic carbocycles. The van der Waals surface area contributed by atoms with Crippen LogP contribution in [0.4, 0.5) is 0 Å². The lowest BCUT2D eigenvalue weighted by Gasteiger charge is -2.27. The van der Waals surface area contributed by atoms with E-state index in [2.05, 4.69) is 6.07 Å². The molecule has 4 aromatic rings. The molecule has 0 spiro atoms. The standard InChI is InChI=1S/C30H23ClN2O6/c1-2-35-27-14-19(7-12-24(27)37-17-18-5-8-20(31)9-6-18)28-22-11-10-21(38-30(34)25-4-3-13-36-25)15-26(22)39-29(33)23(28)16-32/h3-15,28H,2,17,33H2,1H3. The first kappa shape index (κ1) is 25.8. The lowest BCUT2D eigenvalue weighted by molar-refractivity contribution is 0.0701. The van der Waals surface area contributed by atoms with E-state index < -0.39 is 11.9 Å². The molecule has 1 aliphatic heterocycles. The lowest BCUT2D eigenvalue weighted by atomic mass is 9.83. The van der Waals surface area contributed by atoms with Gasteiger partial charge in [-0.25, -0.2) is 4.79 Å². The van der Waals surface area contributed by atoms with Crippen LogP contribution >= 0.6 is 11.6 Å². The van der Waals surface area contributed by atoms with Crippen molar-refractivity contribution in [3.63, 3.8) is 0 Å². The van der Waals surface area contributed by atoms with E-state index in [1.165, 1.54) is 12.3 Å². The number of carbonyl (C=O) groups is 1. The number of fused-ring (bicyclic) bond motifs is 1. The molecule has 1 atom stereocenters. The van der Waals surface area contributed by atoms with Gasteiger partial charge in [0.15, 0.2) is 11.5 Å². The first-order valence-electron chi connectivity index (χ1n) is 12.1. The minimum absolute atomic E-state index is 0.0365. The Kier molecular flexibility index (Phi) is 7.43. The Morgan fingerprint density at radius 2 is 1.87 bits per heavy atom. The van der Waals surface area contributed by atoms with Crippen molar-refractivity contribution < 1.29 is 28.2 Å². The zero-order valence-electron chi connectivity index (χ0n) is 20.8. The van der Waals surface area contributed by atoms with E-state index in [-0.39, 0.29) is 23.0 Å². The number of benzene rings is 3. The second kappa shape index (κ2) is 11.3. The first-order valence-corrected chi connectivity index (χ1v) is 12.5. The minimum atomic E-state index is -0.649. The molecule has 0 radical (unpaired) electrons. The van der Waals surface area contributed by atoms with Crippen LogP contribution in [0.3, 0.4) is 0 Å². The summed E-state index contributed by atoms with van der Waals surface area (Å²) in [5.74, 6) is 0.521. The van der Waals surface area contributed by atoms with Gasteiger partial charge in [0.2, 0.25) is 11.6 Å². The highest BCUT2D eigenvalue weighted by molar-refractivity contribution is 6.30. The van der Waals surface area contributed by atoms with Crippen molar-refractivity contribution in [1.82, 2.24) is 0 Å². The molecule has 2 N–H and O–H groups in total. The molecule has 1 aliphatic rings. The fraction of sp³-hybridized carbons (Fsp3) is 0.133. The number of allylic oxidation sites excluding steroid dienone is 1. The molecular weight excluding hydrogens is 520 g/mol. The van der Waals surface area contributed by atoms with Crippen LogP contribution in [0.2, 0.25) is 5.02 Å². The maximum atomic E-state index is 12.3. The third-order valence-corrected chi connectivity index (χ3v) is 6.28. The maximum absolute atomic E-state index is 12.3. The topological polar surface area (TPSA) is 117 Å². The van der Waals surface area contributed by atoms with Crippen LogP contribution < -0.4 is 24.7 Å². The molecule has 0 amide bonds. The van der Waals surface area contributed by atoms with Gasteiger partial charge in [-0.15, -0.1) is 0 Å². The van der Waals surface area contributed by atoms with Crippen LogP contribution in [0, 0.1) is 11.3 Å². The number of ether oxygens (including phenoxy) is 4. The van der Waals surface area contributed by atoms with Gasteiger partial charge in [0.25, 0.3) is 0 Å². The number of rotatable bonds is 8. The average Bonchev–Trinajstić information content (AvgIpc) is 3.48. The van der Waals surface area contributed by atoms with Crippen molar-refractivity contribution in [3.05, 3.63) is 118 Å². The highest BCUT2D eigenvalue weighted by atomic mass is 35.5. The van der Waals surface area contributed by atoms with Crippen LogP contribution in [0.1, 0.15) is 40.1 Å². The van der Waals surface area contributed by atoms with Gasteiger partial charge in [0.1, 0.15) is 29.7 Å². The number of carbonyl (C=O) groups excluding carboxylic acids is 1. The smallest absolute Gasteiger partial charge is 0.379 e. The largest absolute Gasteiger partial charge is 0.490 e. The molecule has 1 unspecified atom stereocenters. The van der Waals surface area contributed by atoms with Crippen LogP contribution in [-0.2, 0) is 6.61 Å². The number of furan rings is 1. The van der Waals surface area contributed by atoms with Crippen molar-refractivity contribution >= 4 is 17.6 Å². The summed E-state index contributed by atoms with van der Waals surface area (Å²) in [4.78, 5) is 12.3. The number of esters is 1. The van der Waals surface area contributed by atoms with Crippen molar-refractivity contribution in [2.24, 2.45) is 5.73 Å². The van der Waals surface area contributed by atoms with Gasteiger partial charge < -0.3 is 29.1 Å². The predicted octanol–water partition coefficient (Wildman–Crippen LogP) is 6.35. The Labute approximate surface area is 229 Å². The monoisotopic (exact) mass is 542 g/mol. The second-order valence-corrected chi connectivity index (χ2v) is 8.98. The first-order chi connectivity index (χ1) is 19.0. The van der Waals surface area contributed by atoms with Crippen molar-refractivity contribution in [2.45, 2.75) is 19.4 Å². The molecular formula is C30H23ClN2O6. The Hall–Kier alpha value is -4.87. The van der Waals surface area contributed by atoms with Gasteiger partial charge in [-0.2, -0.15) is 5.26 Å². The molecule has 1 aromatic heterocycles. The highest BCUT2D eigenvalue weighted by Gasteiger charge is 2.32. The summed E-state index contributed by atoms with van der Waals surface area (Å²) in [6.45, 7) is 2.62. The SMILES string of the molecule is CCOc1cc(C2C(C#N)=C(N)Oc3cc(OC(=O)c4ccco4)ccc32)ccc1OCc1ccc(Cl)cc1. The molecule has 3 aromatic carbocycles. The lowest BCUT2D eigenvalue weighted by Crippen LogP contribution is -2.21. The minimum Gasteiger partial charge on any atom is -0.490 e. The average molecular weight is 543 g/mol. The molecule has 0 bridgehead atoms. The molecule has 0 fully saturated rings. The summed E-state index contributed by atoms with van der Waals surface area (Å²) < 4.78 is 28.2. The molecule has 0 saturated heterocycles. The highest BCUT2D eigenvalue weighted by Crippen LogP contribution is 2.45. The van der Waals surface area contributed by atoms with E-state index in [1.807, 2.05) is 31.2 Å². The van der Waals surface area contributed by atoms with E-state index in [1.54, 1.807) is 42.5 Å². The van der Waals surface area contributed by atoms with Crippen molar-refractivity contribution in [2.75, 3.05) is 6.61 Å². The number of nitrogens with zero attached hydrogens (tertiary/aromatic N) is 1. The van der Waals surface area contributed by atoms with Gasteiger partial charge >= 0.3 is 5.97 Å². The van der Waals surface area contributed by atoms with Crippen LogP contribution in [0.25, 0.3) is 0 Å². The Balaban J connectivity index is 1.45. The van der Waals surface area contributed by atoms with E-state index in [0.29, 0.717) is 41.0 Å². The second-order valence-electron chi connectivity index (χ2n) is 8.55. The third kappa shape index (κ3) is 5.54. The van der Waals surface area contributed by atoms with Crippen molar-refractivity contribution in [3.8, 4) is 29.1 Å². The summed E-state index contributed by atoms with van der Waals surface area (Å²) in [6, 6.07) is 23.1. The van der Waals surface area contributed by atoms with Gasteiger partial charge in [-0.05, 0) is 60.5 Å². The molecule has 39 heavy (non-hydrogen) atoms. The van der Waals surface area contributed by atoms with Crippen LogP contribution in [-0.4, -0.2) is 12.6 Å². The third-order valence-electron chi connectivity index (χ3n) is 6.03. The van der Waals surface area contributed by atoms with Crippen molar-refractivity contribution in [1.29, 1.82) is 5.26 Å². The zero-order chi connectivity index (χ0) is 27.4. The van der Waals surface area contributed by atoms with E-state index >= 15 is 0 Å². The van der Waals surface area contributed by atoms with Gasteiger partial charge in [-0.1, -0.05) is 35.9 Å². The normalized spacial score (nSPS) is 14.1. The quantitative estimate of drug-likeness (QED) is 0.202. The number of halogens is 1. The summed E-state index contributed by atoms with van der Waals surface area (Å²) in [5, 5.41) is 10.6. The zero-order valence-corrected chi connectivity index (χ0v) is 21.6. The Morgan fingerprint density at radius 3 is 2.59 bits per heavy atom. The Bertz CT molecular complexity index is 1570. The molecule has 9 heteroatoms. The van der Waals surface area contributed by atoms with Crippen LogP contribution in [0.15, 0.2) is 94.9 Å². The number of hydrogen-bond donors (Lipinski definition) is 1. The van der Waals surface area contributed by atoms with E-state index in [0.717, 1.165) is 11.1 Å². The fourth-order valence-corrected chi connectivity index (χ4v) is 4.35.